The van der Waals surface area contributed by atoms with Crippen molar-refractivity contribution >= 4 is 17.3 Å². The average Bonchev–Trinajstić information content (AvgIpc) is 2.42. The molecule has 0 bridgehead atoms. The van der Waals surface area contributed by atoms with Crippen LogP contribution < -0.4 is 5.32 Å². The number of nitro groups is 1. The maximum atomic E-state index is 13.3. The van der Waals surface area contributed by atoms with Crippen LogP contribution in [0, 0.1) is 10.1 Å². The molecule has 1 aliphatic rings. The van der Waals surface area contributed by atoms with Gasteiger partial charge in [0.15, 0.2) is 0 Å². The molecule has 0 amide bonds. The van der Waals surface area contributed by atoms with Gasteiger partial charge in [-0.2, -0.15) is 0 Å². The zero-order valence-electron chi connectivity index (χ0n) is 10.3. The Hall–Kier alpha value is -1.24. The molecule has 7 heteroatoms. The Morgan fingerprint density at radius 1 is 1.47 bits per heavy atom. The van der Waals surface area contributed by atoms with Crippen LogP contribution in [0.5, 0.6) is 0 Å². The second-order valence-electron chi connectivity index (χ2n) is 4.42. The van der Waals surface area contributed by atoms with Crippen LogP contribution in [0.15, 0.2) is 18.2 Å². The van der Waals surface area contributed by atoms with Gasteiger partial charge in [0.05, 0.1) is 11.0 Å². The van der Waals surface area contributed by atoms with Crippen LogP contribution in [-0.4, -0.2) is 42.7 Å². The van der Waals surface area contributed by atoms with E-state index in [4.69, 9.17) is 11.6 Å². The Bertz CT molecular complexity index is 466. The van der Waals surface area contributed by atoms with E-state index in [-0.39, 0.29) is 10.7 Å². The first-order valence-corrected chi connectivity index (χ1v) is 6.46. The fourth-order valence-electron chi connectivity index (χ4n) is 2.27. The zero-order valence-corrected chi connectivity index (χ0v) is 11.1. The number of rotatable bonds is 4. The van der Waals surface area contributed by atoms with Crippen LogP contribution in [-0.2, 0) is 0 Å². The molecule has 0 spiro atoms. The van der Waals surface area contributed by atoms with Crippen LogP contribution in [0.25, 0.3) is 0 Å². The molecule has 0 aliphatic carbocycles. The first kappa shape index (κ1) is 14.2. The smallest absolute Gasteiger partial charge is 0.288 e. The molecule has 1 heterocycles. The predicted octanol–water partition coefficient (Wildman–Crippen LogP) is 2.16. The van der Waals surface area contributed by atoms with Crippen molar-refractivity contribution in [2.45, 2.75) is 6.04 Å². The molecule has 1 aromatic carbocycles. The molecule has 0 aromatic heterocycles. The SMILES string of the molecule is O=[N+]([O-])c1cc([C@H](CF)N2CCNCC2)ccc1Cl. The van der Waals surface area contributed by atoms with Gasteiger partial charge in [-0.1, -0.05) is 17.7 Å². The minimum atomic E-state index is -0.571. The molecule has 0 radical (unpaired) electrons. The van der Waals surface area contributed by atoms with Gasteiger partial charge < -0.3 is 5.32 Å². The van der Waals surface area contributed by atoms with Crippen molar-refractivity contribution in [2.75, 3.05) is 32.9 Å². The van der Waals surface area contributed by atoms with E-state index < -0.39 is 17.6 Å². The average molecular weight is 288 g/mol. The van der Waals surface area contributed by atoms with Gasteiger partial charge in [-0.05, 0) is 11.6 Å². The fourth-order valence-corrected chi connectivity index (χ4v) is 2.45. The van der Waals surface area contributed by atoms with E-state index >= 15 is 0 Å². The van der Waals surface area contributed by atoms with E-state index in [9.17, 15) is 14.5 Å². The fraction of sp³-hybridized carbons (Fsp3) is 0.500. The van der Waals surface area contributed by atoms with Crippen LogP contribution in [0.1, 0.15) is 11.6 Å². The molecule has 0 unspecified atom stereocenters. The van der Waals surface area contributed by atoms with Crippen LogP contribution >= 0.6 is 11.6 Å². The quantitative estimate of drug-likeness (QED) is 0.681. The third kappa shape index (κ3) is 3.20. The lowest BCUT2D eigenvalue weighted by atomic mass is 10.0. The van der Waals surface area contributed by atoms with Gasteiger partial charge in [0.2, 0.25) is 0 Å². The van der Waals surface area contributed by atoms with E-state index in [1.165, 1.54) is 12.1 Å². The third-order valence-electron chi connectivity index (χ3n) is 3.29. The highest BCUT2D eigenvalue weighted by molar-refractivity contribution is 6.32. The molecule has 19 heavy (non-hydrogen) atoms. The molecule has 1 saturated heterocycles. The summed E-state index contributed by atoms with van der Waals surface area (Å²) in [5, 5.41) is 14.1. The Balaban J connectivity index is 2.27. The summed E-state index contributed by atoms with van der Waals surface area (Å²) in [6.45, 7) is 2.48. The molecule has 1 fully saturated rings. The summed E-state index contributed by atoms with van der Waals surface area (Å²) in [7, 11) is 0. The lowest BCUT2D eigenvalue weighted by Crippen LogP contribution is -2.45. The van der Waals surface area contributed by atoms with Gasteiger partial charge in [-0.3, -0.25) is 15.0 Å². The monoisotopic (exact) mass is 287 g/mol. The number of halogens is 2. The molecule has 1 aromatic rings. The Labute approximate surface area is 115 Å². The number of hydrogen-bond donors (Lipinski definition) is 1. The molecular formula is C12H15ClFN3O2. The molecule has 1 atom stereocenters. The number of nitrogens with one attached hydrogen (secondary N) is 1. The number of hydrogen-bond acceptors (Lipinski definition) is 4. The number of alkyl halides is 1. The van der Waals surface area contributed by atoms with Gasteiger partial charge in [-0.25, -0.2) is 4.39 Å². The Kier molecular flexibility index (Phi) is 4.68. The molecular weight excluding hydrogens is 273 g/mol. The molecule has 1 aliphatic heterocycles. The third-order valence-corrected chi connectivity index (χ3v) is 3.61. The summed E-state index contributed by atoms with van der Waals surface area (Å²) >= 11 is 5.77. The molecule has 5 nitrogen and oxygen atoms in total. The Morgan fingerprint density at radius 2 is 2.16 bits per heavy atom. The highest BCUT2D eigenvalue weighted by Gasteiger charge is 2.24. The molecule has 1 N–H and O–H groups in total. The van der Waals surface area contributed by atoms with Crippen LogP contribution in [0.4, 0.5) is 10.1 Å². The van der Waals surface area contributed by atoms with E-state index in [0.29, 0.717) is 5.56 Å². The second-order valence-corrected chi connectivity index (χ2v) is 4.83. The van der Waals surface area contributed by atoms with Gasteiger partial charge in [0.1, 0.15) is 11.7 Å². The standard InChI is InChI=1S/C12H15ClFN3O2/c13-10-2-1-9(7-11(10)17(18)19)12(8-14)16-5-3-15-4-6-16/h1-2,7,12,15H,3-6,8H2/t12-/m0/s1. The summed E-state index contributed by atoms with van der Waals surface area (Å²) in [5.74, 6) is 0. The summed E-state index contributed by atoms with van der Waals surface area (Å²) in [6.07, 6.45) is 0. The maximum Gasteiger partial charge on any atom is 0.288 e. The summed E-state index contributed by atoms with van der Waals surface area (Å²) in [4.78, 5) is 12.3. The minimum Gasteiger partial charge on any atom is -0.314 e. The van der Waals surface area contributed by atoms with E-state index in [1.807, 2.05) is 4.90 Å². The summed E-state index contributed by atoms with van der Waals surface area (Å²) < 4.78 is 13.3. The van der Waals surface area contributed by atoms with Crippen molar-refractivity contribution in [3.8, 4) is 0 Å². The van der Waals surface area contributed by atoms with Crippen molar-refractivity contribution in [3.05, 3.63) is 38.9 Å². The van der Waals surface area contributed by atoms with E-state index in [0.717, 1.165) is 26.2 Å². The Morgan fingerprint density at radius 3 is 2.74 bits per heavy atom. The van der Waals surface area contributed by atoms with Gasteiger partial charge in [0.25, 0.3) is 5.69 Å². The summed E-state index contributed by atoms with van der Waals surface area (Å²) in [6, 6.07) is 4.04. The second kappa shape index (κ2) is 6.27. The molecule has 104 valence electrons. The van der Waals surface area contributed by atoms with Crippen molar-refractivity contribution < 1.29 is 9.31 Å². The highest BCUT2D eigenvalue weighted by Crippen LogP contribution is 2.30. The zero-order chi connectivity index (χ0) is 13.8. The first-order chi connectivity index (χ1) is 9.13. The molecule has 0 saturated carbocycles. The normalized spacial score (nSPS) is 18.2. The van der Waals surface area contributed by atoms with Crippen molar-refractivity contribution in [3.63, 3.8) is 0 Å². The first-order valence-electron chi connectivity index (χ1n) is 6.08. The lowest BCUT2D eigenvalue weighted by molar-refractivity contribution is -0.384. The topological polar surface area (TPSA) is 58.4 Å². The van der Waals surface area contributed by atoms with Crippen molar-refractivity contribution in [1.82, 2.24) is 10.2 Å². The van der Waals surface area contributed by atoms with Gasteiger partial charge >= 0.3 is 0 Å². The predicted molar refractivity (Wildman–Crippen MR) is 71.3 cm³/mol. The number of benzene rings is 1. The largest absolute Gasteiger partial charge is 0.314 e. The lowest BCUT2D eigenvalue weighted by Gasteiger charge is -2.33. The number of nitrogens with zero attached hydrogens (tertiary/aromatic N) is 2. The van der Waals surface area contributed by atoms with Gasteiger partial charge in [0, 0.05) is 32.2 Å². The van der Waals surface area contributed by atoms with E-state index in [1.54, 1.807) is 6.07 Å². The summed E-state index contributed by atoms with van der Waals surface area (Å²) in [5.41, 5.74) is 0.424. The maximum absolute atomic E-state index is 13.3. The van der Waals surface area contributed by atoms with E-state index in [2.05, 4.69) is 5.32 Å². The highest BCUT2D eigenvalue weighted by atomic mass is 35.5. The number of nitro benzene ring substituents is 1. The van der Waals surface area contributed by atoms with Crippen molar-refractivity contribution in [1.29, 1.82) is 0 Å². The van der Waals surface area contributed by atoms with Crippen LogP contribution in [0.3, 0.4) is 0 Å². The van der Waals surface area contributed by atoms with Gasteiger partial charge in [-0.15, -0.1) is 0 Å². The minimum absolute atomic E-state index is 0.0756. The van der Waals surface area contributed by atoms with Crippen LogP contribution in [0.2, 0.25) is 5.02 Å². The number of piperazine rings is 1. The van der Waals surface area contributed by atoms with Crippen molar-refractivity contribution in [2.24, 2.45) is 0 Å². The molecule has 2 rings (SSSR count).